The van der Waals surface area contributed by atoms with Crippen LogP contribution in [0.15, 0.2) is 83.8 Å². The highest BCUT2D eigenvalue weighted by Gasteiger charge is 2.45. The van der Waals surface area contributed by atoms with Gasteiger partial charge in [-0.2, -0.15) is 4.31 Å². The van der Waals surface area contributed by atoms with Gasteiger partial charge in [-0.1, -0.05) is 60.7 Å². The second-order valence-corrected chi connectivity index (χ2v) is 9.81. The zero-order chi connectivity index (χ0) is 21.5. The number of fused-ring (bicyclic) bond motifs is 1. The van der Waals surface area contributed by atoms with Crippen LogP contribution in [0.4, 0.5) is 0 Å². The molecule has 3 aromatic carbocycles. The summed E-state index contributed by atoms with van der Waals surface area (Å²) in [5, 5.41) is 0. The van der Waals surface area contributed by atoms with Gasteiger partial charge in [-0.3, -0.25) is 0 Å². The minimum absolute atomic E-state index is 0.219. The summed E-state index contributed by atoms with van der Waals surface area (Å²) in [6.07, 6.45) is 0. The van der Waals surface area contributed by atoms with Gasteiger partial charge in [-0.05, 0) is 19.2 Å². The standard InChI is InChI=1S/C24H24N2O4S/c1-25-14-16-26(17-15-25)31(27,28)21-12-13-22-23(18-21)30-24(29-22,19-8-4-2-5-9-19)20-10-6-3-7-11-20/h2-13,18H,14-17H2,1H3. The number of rotatable bonds is 4. The van der Waals surface area contributed by atoms with Gasteiger partial charge in [0.1, 0.15) is 0 Å². The maximum Gasteiger partial charge on any atom is 0.305 e. The predicted octanol–water partition coefficient (Wildman–Crippen LogP) is 3.30. The summed E-state index contributed by atoms with van der Waals surface area (Å²) < 4.78 is 40.7. The normalized spacial score (nSPS) is 18.7. The van der Waals surface area contributed by atoms with Crippen LogP contribution in [0.1, 0.15) is 11.1 Å². The average molecular weight is 437 g/mol. The molecule has 6 nitrogen and oxygen atoms in total. The summed E-state index contributed by atoms with van der Waals surface area (Å²) in [5.41, 5.74) is 1.67. The van der Waals surface area contributed by atoms with E-state index in [9.17, 15) is 8.42 Å². The van der Waals surface area contributed by atoms with Crippen molar-refractivity contribution in [3.8, 4) is 11.5 Å². The fraction of sp³-hybridized carbons (Fsp3) is 0.250. The third-order valence-electron chi connectivity index (χ3n) is 5.83. The second-order valence-electron chi connectivity index (χ2n) is 7.87. The number of hydrogen-bond acceptors (Lipinski definition) is 5. The molecule has 0 N–H and O–H groups in total. The van der Waals surface area contributed by atoms with Gasteiger partial charge in [0, 0.05) is 43.4 Å². The van der Waals surface area contributed by atoms with E-state index in [2.05, 4.69) is 4.90 Å². The Kier molecular flexibility index (Phi) is 4.97. The molecular weight excluding hydrogens is 412 g/mol. The highest BCUT2D eigenvalue weighted by Crippen LogP contribution is 2.48. The van der Waals surface area contributed by atoms with Crippen LogP contribution in [0.25, 0.3) is 0 Å². The first-order valence-electron chi connectivity index (χ1n) is 10.3. The molecule has 5 rings (SSSR count). The van der Waals surface area contributed by atoms with Gasteiger partial charge >= 0.3 is 5.79 Å². The molecule has 0 aromatic heterocycles. The number of sulfonamides is 1. The first kappa shape index (κ1) is 20.1. The minimum atomic E-state index is -3.60. The molecule has 3 aromatic rings. The third kappa shape index (κ3) is 3.48. The van der Waals surface area contributed by atoms with Crippen molar-refractivity contribution in [1.82, 2.24) is 9.21 Å². The van der Waals surface area contributed by atoms with Crippen LogP contribution < -0.4 is 9.47 Å². The Morgan fingerprint density at radius 2 is 1.29 bits per heavy atom. The van der Waals surface area contributed by atoms with Crippen molar-refractivity contribution >= 4 is 10.0 Å². The number of nitrogens with zero attached hydrogens (tertiary/aromatic N) is 2. The van der Waals surface area contributed by atoms with Crippen LogP contribution in [0.3, 0.4) is 0 Å². The van der Waals surface area contributed by atoms with Crippen LogP contribution in [0.5, 0.6) is 11.5 Å². The van der Waals surface area contributed by atoms with Crippen molar-refractivity contribution in [2.45, 2.75) is 10.7 Å². The van der Waals surface area contributed by atoms with Crippen LogP contribution in [0, 0.1) is 0 Å². The molecule has 0 atom stereocenters. The van der Waals surface area contributed by atoms with Gasteiger partial charge < -0.3 is 14.4 Å². The molecule has 0 bridgehead atoms. The minimum Gasteiger partial charge on any atom is -0.440 e. The van der Waals surface area contributed by atoms with Crippen LogP contribution in [-0.2, 0) is 15.8 Å². The largest absolute Gasteiger partial charge is 0.440 e. The molecule has 0 radical (unpaired) electrons. The summed E-state index contributed by atoms with van der Waals surface area (Å²) in [4.78, 5) is 2.34. The first-order chi connectivity index (χ1) is 15.0. The van der Waals surface area contributed by atoms with Gasteiger partial charge in [0.15, 0.2) is 11.5 Å². The van der Waals surface area contributed by atoms with Crippen molar-refractivity contribution in [2.75, 3.05) is 33.2 Å². The van der Waals surface area contributed by atoms with E-state index in [1.165, 1.54) is 4.31 Å². The van der Waals surface area contributed by atoms with Crippen LogP contribution >= 0.6 is 0 Å². The first-order valence-corrected chi connectivity index (χ1v) is 11.7. The Morgan fingerprint density at radius 3 is 1.87 bits per heavy atom. The quantitative estimate of drug-likeness (QED) is 0.628. The molecule has 2 aliphatic rings. The Bertz CT molecular complexity index is 1140. The molecule has 2 aliphatic heterocycles. The van der Waals surface area contributed by atoms with Gasteiger partial charge in [-0.15, -0.1) is 0 Å². The molecule has 1 saturated heterocycles. The zero-order valence-corrected chi connectivity index (χ0v) is 18.1. The van der Waals surface area contributed by atoms with E-state index >= 15 is 0 Å². The smallest absolute Gasteiger partial charge is 0.305 e. The Hall–Kier alpha value is -2.87. The number of hydrogen-bond donors (Lipinski definition) is 0. The lowest BCUT2D eigenvalue weighted by molar-refractivity contribution is -0.0459. The lowest BCUT2D eigenvalue weighted by Crippen LogP contribution is -2.46. The molecule has 0 saturated carbocycles. The lowest BCUT2D eigenvalue weighted by Gasteiger charge is -2.31. The Labute approximate surface area is 182 Å². The molecule has 2 heterocycles. The van der Waals surface area contributed by atoms with Crippen molar-refractivity contribution in [3.05, 3.63) is 90.0 Å². The summed E-state index contributed by atoms with van der Waals surface area (Å²) in [6.45, 7) is 2.39. The fourth-order valence-electron chi connectivity index (χ4n) is 4.04. The van der Waals surface area contributed by atoms with E-state index in [1.807, 2.05) is 67.7 Å². The monoisotopic (exact) mass is 436 g/mol. The highest BCUT2D eigenvalue weighted by molar-refractivity contribution is 7.89. The number of benzene rings is 3. The van der Waals surface area contributed by atoms with Crippen molar-refractivity contribution in [2.24, 2.45) is 0 Å². The maximum absolute atomic E-state index is 13.2. The van der Waals surface area contributed by atoms with Gasteiger partial charge in [0.25, 0.3) is 0 Å². The maximum atomic E-state index is 13.2. The van der Waals surface area contributed by atoms with E-state index in [4.69, 9.17) is 9.47 Å². The third-order valence-corrected chi connectivity index (χ3v) is 7.72. The fourth-order valence-corrected chi connectivity index (χ4v) is 5.48. The van der Waals surface area contributed by atoms with Crippen LogP contribution in [-0.4, -0.2) is 50.8 Å². The van der Waals surface area contributed by atoms with E-state index in [-0.39, 0.29) is 4.90 Å². The molecule has 31 heavy (non-hydrogen) atoms. The average Bonchev–Trinajstić information content (AvgIpc) is 3.21. The number of likely N-dealkylation sites (N-methyl/N-ethyl adjacent to an activating group) is 1. The van der Waals surface area contributed by atoms with E-state index in [0.29, 0.717) is 24.6 Å². The number of ether oxygens (including phenoxy) is 2. The summed E-state index contributed by atoms with van der Waals surface area (Å²) in [6, 6.07) is 24.2. The van der Waals surface area contributed by atoms with Gasteiger partial charge in [0.2, 0.25) is 10.0 Å². The topological polar surface area (TPSA) is 59.1 Å². The van der Waals surface area contributed by atoms with Crippen molar-refractivity contribution in [1.29, 1.82) is 0 Å². The SMILES string of the molecule is CN1CCN(S(=O)(=O)c2ccc3c(c2)OC(c2ccccc2)(c2ccccc2)O3)CC1. The molecule has 0 spiro atoms. The summed E-state index contributed by atoms with van der Waals surface area (Å²) >= 11 is 0. The Morgan fingerprint density at radius 1 is 0.742 bits per heavy atom. The highest BCUT2D eigenvalue weighted by atomic mass is 32.2. The van der Waals surface area contributed by atoms with Crippen LogP contribution in [0.2, 0.25) is 0 Å². The lowest BCUT2D eigenvalue weighted by atomic mass is 9.97. The molecule has 0 unspecified atom stereocenters. The molecule has 160 valence electrons. The Balaban J connectivity index is 1.53. The predicted molar refractivity (Wildman–Crippen MR) is 118 cm³/mol. The molecule has 0 aliphatic carbocycles. The van der Waals surface area contributed by atoms with Gasteiger partial charge in [-0.25, -0.2) is 8.42 Å². The van der Waals surface area contributed by atoms with Crippen molar-refractivity contribution in [3.63, 3.8) is 0 Å². The summed E-state index contributed by atoms with van der Waals surface area (Å²) in [5.74, 6) is -0.228. The molecular formula is C24H24N2O4S. The van der Waals surface area contributed by atoms with Gasteiger partial charge in [0.05, 0.1) is 4.90 Å². The molecule has 0 amide bonds. The van der Waals surface area contributed by atoms with E-state index < -0.39 is 15.8 Å². The summed E-state index contributed by atoms with van der Waals surface area (Å²) in [7, 11) is -1.61. The zero-order valence-electron chi connectivity index (χ0n) is 17.3. The molecule has 1 fully saturated rings. The van der Waals surface area contributed by atoms with E-state index in [1.54, 1.807) is 18.2 Å². The molecule has 7 heteroatoms. The number of piperazine rings is 1. The van der Waals surface area contributed by atoms with Crippen molar-refractivity contribution < 1.29 is 17.9 Å². The van der Waals surface area contributed by atoms with E-state index in [0.717, 1.165) is 24.2 Å². The second kappa shape index (κ2) is 7.67.